The Balaban J connectivity index is 1.64. The topological polar surface area (TPSA) is 17.1 Å². The lowest BCUT2D eigenvalue weighted by atomic mass is 9.71. The van der Waals surface area contributed by atoms with E-state index in [2.05, 4.69) is 66.7 Å². The summed E-state index contributed by atoms with van der Waals surface area (Å²) in [5.41, 5.74) is 2.13. The van der Waals surface area contributed by atoms with E-state index in [-0.39, 0.29) is 11.4 Å². The number of hydrogen-bond acceptors (Lipinski definition) is 1. The molecule has 0 aliphatic heterocycles. The molecule has 1 fully saturated rings. The number of rotatable bonds is 6. The van der Waals surface area contributed by atoms with Crippen LogP contribution in [0.15, 0.2) is 103 Å². The molecule has 0 saturated heterocycles. The maximum absolute atomic E-state index is 14.2. The first-order chi connectivity index (χ1) is 15.8. The van der Waals surface area contributed by atoms with Crippen LogP contribution in [0.2, 0.25) is 0 Å². The number of allylic oxidation sites excluding steroid dienone is 2. The largest absolute Gasteiger partial charge is 0.293 e. The highest BCUT2D eigenvalue weighted by atomic mass is 31.1. The quantitative estimate of drug-likeness (QED) is 0.232. The van der Waals surface area contributed by atoms with Gasteiger partial charge < -0.3 is 0 Å². The normalized spacial score (nSPS) is 21.5. The summed E-state index contributed by atoms with van der Waals surface area (Å²) >= 11 is 0. The van der Waals surface area contributed by atoms with E-state index >= 15 is 0 Å². The zero-order valence-electron chi connectivity index (χ0n) is 18.6. The minimum Gasteiger partial charge on any atom is -0.293 e. The Labute approximate surface area is 193 Å². The number of ketones is 1. The number of hydrogen-bond donors (Lipinski definition) is 0. The van der Waals surface area contributed by atoms with E-state index < -0.39 is 7.92 Å². The van der Waals surface area contributed by atoms with E-state index in [0.717, 1.165) is 17.9 Å². The monoisotopic (exact) mass is 438 g/mol. The molecule has 0 spiro atoms. The molecule has 3 unspecified atom stereocenters. The van der Waals surface area contributed by atoms with Crippen LogP contribution in [-0.4, -0.2) is 11.4 Å². The Morgan fingerprint density at radius 1 is 0.719 bits per heavy atom. The van der Waals surface area contributed by atoms with Gasteiger partial charge in [0.25, 0.3) is 0 Å². The number of benzene rings is 3. The van der Waals surface area contributed by atoms with Crippen molar-refractivity contribution in [2.24, 2.45) is 11.8 Å². The Bertz CT molecular complexity index is 1020. The van der Waals surface area contributed by atoms with E-state index in [1.807, 2.05) is 30.3 Å². The molecule has 0 radical (unpaired) electrons. The molecule has 2 aliphatic carbocycles. The summed E-state index contributed by atoms with van der Waals surface area (Å²) < 4.78 is 0. The van der Waals surface area contributed by atoms with E-state index in [0.29, 0.717) is 5.92 Å². The third-order valence-corrected chi connectivity index (χ3v) is 9.98. The first-order valence-electron chi connectivity index (χ1n) is 12.0. The van der Waals surface area contributed by atoms with E-state index in [4.69, 9.17) is 0 Å². The van der Waals surface area contributed by atoms with Gasteiger partial charge >= 0.3 is 0 Å². The van der Waals surface area contributed by atoms with Crippen LogP contribution in [0.25, 0.3) is 0 Å². The molecule has 3 atom stereocenters. The van der Waals surface area contributed by atoms with Gasteiger partial charge in [-0.25, -0.2) is 0 Å². The van der Waals surface area contributed by atoms with Crippen molar-refractivity contribution in [1.29, 1.82) is 0 Å². The Kier molecular flexibility index (Phi) is 6.65. The average molecular weight is 439 g/mol. The molecule has 0 bridgehead atoms. The van der Waals surface area contributed by atoms with Gasteiger partial charge in [-0.05, 0) is 56.0 Å². The number of fused-ring (bicyclic) bond motifs is 1. The van der Waals surface area contributed by atoms with Crippen LogP contribution in [0.5, 0.6) is 0 Å². The number of carbonyl (C=O) groups is 1. The Morgan fingerprint density at radius 3 is 1.91 bits per heavy atom. The standard InChI is InChI=1S/C30H31OP/c31-29(24-13-4-1-5-14-24)30(26-21-20-23-12-10-11-15-25(23)22-26)32(27-16-6-2-7-17-27)28-18-8-3-9-19-28/h1-9,13-14,16-19,22-23,25,30H,10-12,15,20-21H2. The minimum atomic E-state index is -0.843. The predicted molar refractivity (Wildman–Crippen MR) is 136 cm³/mol. The summed E-state index contributed by atoms with van der Waals surface area (Å²) in [4.78, 5) is 14.2. The molecular formula is C30H31OP. The van der Waals surface area contributed by atoms with Crippen molar-refractivity contribution in [3.63, 3.8) is 0 Å². The second-order valence-electron chi connectivity index (χ2n) is 9.16. The van der Waals surface area contributed by atoms with Crippen molar-refractivity contribution in [3.05, 3.63) is 108 Å². The third kappa shape index (κ3) is 4.50. The van der Waals surface area contributed by atoms with Gasteiger partial charge in [0.2, 0.25) is 0 Å². The molecule has 2 heteroatoms. The van der Waals surface area contributed by atoms with Gasteiger partial charge in [-0.1, -0.05) is 115 Å². The van der Waals surface area contributed by atoms with Gasteiger partial charge in [0.1, 0.15) is 0 Å². The van der Waals surface area contributed by atoms with Crippen molar-refractivity contribution in [2.45, 2.75) is 44.2 Å². The maximum atomic E-state index is 14.2. The molecule has 3 aromatic carbocycles. The van der Waals surface area contributed by atoms with Crippen LogP contribution in [0.3, 0.4) is 0 Å². The summed E-state index contributed by atoms with van der Waals surface area (Å²) in [6, 6.07) is 31.4. The van der Waals surface area contributed by atoms with Crippen molar-refractivity contribution >= 4 is 24.3 Å². The lowest BCUT2D eigenvalue weighted by molar-refractivity contribution is 0.0994. The van der Waals surface area contributed by atoms with Gasteiger partial charge in [0.15, 0.2) is 5.78 Å². The molecule has 0 aromatic heterocycles. The summed E-state index contributed by atoms with van der Waals surface area (Å²) in [7, 11) is -0.843. The lowest BCUT2D eigenvalue weighted by Gasteiger charge is -2.38. The molecule has 2 aliphatic rings. The van der Waals surface area contributed by atoms with Gasteiger partial charge in [-0.3, -0.25) is 4.79 Å². The highest BCUT2D eigenvalue weighted by Gasteiger charge is 2.37. The third-order valence-electron chi connectivity index (χ3n) is 7.18. The predicted octanol–water partition coefficient (Wildman–Crippen LogP) is 6.90. The molecule has 5 rings (SSSR count). The van der Waals surface area contributed by atoms with Crippen molar-refractivity contribution in [3.8, 4) is 0 Å². The minimum absolute atomic E-state index is 0.0972. The summed E-state index contributed by atoms with van der Waals surface area (Å²) in [6.45, 7) is 0. The smallest absolute Gasteiger partial charge is 0.174 e. The fraction of sp³-hybridized carbons (Fsp3) is 0.300. The van der Waals surface area contributed by atoms with E-state index in [9.17, 15) is 4.79 Å². The van der Waals surface area contributed by atoms with Crippen molar-refractivity contribution in [2.75, 3.05) is 0 Å². The average Bonchev–Trinajstić information content (AvgIpc) is 2.88. The molecular weight excluding hydrogens is 407 g/mol. The van der Waals surface area contributed by atoms with E-state index in [1.54, 1.807) is 0 Å². The molecule has 162 valence electrons. The number of carbonyl (C=O) groups excluding carboxylic acids is 1. The van der Waals surface area contributed by atoms with Crippen LogP contribution < -0.4 is 10.6 Å². The van der Waals surface area contributed by atoms with Crippen LogP contribution in [0.4, 0.5) is 0 Å². The van der Waals surface area contributed by atoms with Crippen LogP contribution in [-0.2, 0) is 0 Å². The second kappa shape index (κ2) is 9.97. The fourth-order valence-corrected chi connectivity index (χ4v) is 8.40. The molecule has 3 aromatic rings. The zero-order chi connectivity index (χ0) is 21.8. The molecule has 0 heterocycles. The second-order valence-corrected chi connectivity index (χ2v) is 11.5. The molecule has 0 amide bonds. The van der Waals surface area contributed by atoms with Gasteiger partial charge in [-0.2, -0.15) is 0 Å². The SMILES string of the molecule is O=C(c1ccccc1)C(C1=CC2CCCCC2CC1)P(c1ccccc1)c1ccccc1. The van der Waals surface area contributed by atoms with E-state index in [1.165, 1.54) is 48.3 Å². The van der Waals surface area contributed by atoms with Crippen LogP contribution >= 0.6 is 7.92 Å². The summed E-state index contributed by atoms with van der Waals surface area (Å²) in [5.74, 6) is 1.76. The first kappa shape index (κ1) is 21.4. The summed E-state index contributed by atoms with van der Waals surface area (Å²) in [6.07, 6.45) is 10.2. The van der Waals surface area contributed by atoms with Gasteiger partial charge in [0.05, 0.1) is 5.66 Å². The van der Waals surface area contributed by atoms with Crippen molar-refractivity contribution in [1.82, 2.24) is 0 Å². The number of Topliss-reactive ketones (excluding diaryl/α,β-unsaturated/α-hetero) is 1. The molecule has 1 saturated carbocycles. The Morgan fingerprint density at radius 2 is 1.28 bits per heavy atom. The highest BCUT2D eigenvalue weighted by Crippen LogP contribution is 2.49. The lowest BCUT2D eigenvalue weighted by Crippen LogP contribution is -2.33. The van der Waals surface area contributed by atoms with Crippen LogP contribution in [0, 0.1) is 11.8 Å². The zero-order valence-corrected chi connectivity index (χ0v) is 19.5. The highest BCUT2D eigenvalue weighted by molar-refractivity contribution is 7.74. The van der Waals surface area contributed by atoms with Crippen LogP contribution in [0.1, 0.15) is 48.9 Å². The molecule has 32 heavy (non-hydrogen) atoms. The molecule has 0 N–H and O–H groups in total. The fourth-order valence-electron chi connectivity index (χ4n) is 5.59. The van der Waals surface area contributed by atoms with Gasteiger partial charge in [0, 0.05) is 5.56 Å². The molecule has 1 nitrogen and oxygen atoms in total. The van der Waals surface area contributed by atoms with Gasteiger partial charge in [-0.15, -0.1) is 0 Å². The maximum Gasteiger partial charge on any atom is 0.174 e. The Hall–Kier alpha value is -2.50. The van der Waals surface area contributed by atoms with Crippen molar-refractivity contribution < 1.29 is 4.79 Å². The first-order valence-corrected chi connectivity index (χ1v) is 13.4. The summed E-state index contributed by atoms with van der Waals surface area (Å²) in [5, 5.41) is 2.57.